The van der Waals surface area contributed by atoms with Crippen molar-refractivity contribution in [3.63, 3.8) is 0 Å². The number of nitrogens with zero attached hydrogens (tertiary/aromatic N) is 1. The zero-order valence-electron chi connectivity index (χ0n) is 15.5. The van der Waals surface area contributed by atoms with Crippen LogP contribution in [0.4, 0.5) is 8.78 Å². The van der Waals surface area contributed by atoms with Crippen molar-refractivity contribution < 1.29 is 33.1 Å². The number of halogens is 2. The van der Waals surface area contributed by atoms with Gasteiger partial charge in [-0.3, -0.25) is 19.7 Å². The highest BCUT2D eigenvalue weighted by molar-refractivity contribution is 6.06. The average Bonchev–Trinajstić information content (AvgIpc) is 3.04. The molecule has 2 heterocycles. The number of rotatable bonds is 4. The lowest BCUT2D eigenvalue weighted by Gasteiger charge is -2.29. The molecule has 1 atom stereocenters. The van der Waals surface area contributed by atoms with Crippen LogP contribution < -0.4 is 5.32 Å². The first-order valence-corrected chi connectivity index (χ1v) is 9.19. The molecule has 0 bridgehead atoms. The fraction of sp³-hybridized carbons (Fsp3) is 0.238. The Hall–Kier alpha value is -3.62. The van der Waals surface area contributed by atoms with Crippen molar-refractivity contribution in [3.05, 3.63) is 59.2 Å². The fourth-order valence-corrected chi connectivity index (χ4v) is 3.84. The van der Waals surface area contributed by atoms with Gasteiger partial charge in [-0.05, 0) is 29.2 Å². The monoisotopic (exact) mass is 414 g/mol. The largest absolute Gasteiger partial charge is 0.477 e. The van der Waals surface area contributed by atoms with Crippen molar-refractivity contribution in [1.82, 2.24) is 10.2 Å². The molecule has 0 spiro atoms. The summed E-state index contributed by atoms with van der Waals surface area (Å²) in [6.07, 6.45) is 0.376. The molecule has 2 aliphatic heterocycles. The minimum Gasteiger partial charge on any atom is -0.477 e. The highest BCUT2D eigenvalue weighted by Gasteiger charge is 2.41. The Bertz CT molecular complexity index is 1080. The van der Waals surface area contributed by atoms with E-state index in [2.05, 4.69) is 5.32 Å². The number of hydrogen-bond donors (Lipinski definition) is 2. The number of carboxylic acid groups (broad SMARTS) is 1. The Labute approximate surface area is 169 Å². The van der Waals surface area contributed by atoms with E-state index in [9.17, 15) is 28.0 Å². The summed E-state index contributed by atoms with van der Waals surface area (Å²) in [5, 5.41) is 10.9. The number of carbonyl (C=O) groups excluding carboxylic acids is 3. The van der Waals surface area contributed by atoms with Crippen LogP contribution in [-0.2, 0) is 26.9 Å². The number of nitrogens with one attached hydrogen (secondary N) is 1. The minimum atomic E-state index is -4.00. The van der Waals surface area contributed by atoms with Crippen LogP contribution in [0.3, 0.4) is 0 Å². The molecule has 7 nitrogen and oxygen atoms in total. The molecule has 0 radical (unpaired) electrons. The molecule has 1 fully saturated rings. The molecule has 0 aromatic heterocycles. The summed E-state index contributed by atoms with van der Waals surface area (Å²) in [7, 11) is 0. The number of carbonyl (C=O) groups is 4. The summed E-state index contributed by atoms with van der Waals surface area (Å²) in [6.45, 7) is 0.143. The van der Waals surface area contributed by atoms with E-state index in [1.54, 1.807) is 18.2 Å². The molecule has 1 unspecified atom stereocenters. The number of piperidine rings is 1. The number of fused-ring (bicyclic) bond motifs is 1. The van der Waals surface area contributed by atoms with Gasteiger partial charge in [0.2, 0.25) is 11.8 Å². The summed E-state index contributed by atoms with van der Waals surface area (Å²) in [5.74, 6) is -7.47. The Morgan fingerprint density at radius 3 is 2.37 bits per heavy atom. The third-order valence-corrected chi connectivity index (χ3v) is 5.41. The molecule has 2 aromatic carbocycles. The first kappa shape index (κ1) is 19.7. The molecule has 2 N–H and O–H groups in total. The van der Waals surface area contributed by atoms with Gasteiger partial charge in [0.1, 0.15) is 6.04 Å². The molecule has 0 aliphatic carbocycles. The Morgan fingerprint density at radius 1 is 1.07 bits per heavy atom. The molecule has 154 valence electrons. The summed E-state index contributed by atoms with van der Waals surface area (Å²) < 4.78 is 27.4. The zero-order chi connectivity index (χ0) is 21.6. The van der Waals surface area contributed by atoms with E-state index in [0.717, 1.165) is 12.1 Å². The van der Waals surface area contributed by atoms with Gasteiger partial charge in [0, 0.05) is 24.1 Å². The van der Waals surface area contributed by atoms with Gasteiger partial charge < -0.3 is 10.0 Å². The van der Waals surface area contributed by atoms with Crippen molar-refractivity contribution in [2.24, 2.45) is 0 Å². The second kappa shape index (κ2) is 7.01. The van der Waals surface area contributed by atoms with Crippen molar-refractivity contribution in [1.29, 1.82) is 0 Å². The lowest BCUT2D eigenvalue weighted by Crippen LogP contribution is -2.52. The predicted molar refractivity (Wildman–Crippen MR) is 99.5 cm³/mol. The van der Waals surface area contributed by atoms with Gasteiger partial charge in [0.05, 0.1) is 0 Å². The predicted octanol–water partition coefficient (Wildman–Crippen LogP) is 2.29. The van der Waals surface area contributed by atoms with Crippen LogP contribution in [0.15, 0.2) is 42.5 Å². The summed E-state index contributed by atoms with van der Waals surface area (Å²) >= 11 is 0. The molecule has 1 saturated heterocycles. The van der Waals surface area contributed by atoms with E-state index in [4.69, 9.17) is 5.11 Å². The highest BCUT2D eigenvalue weighted by atomic mass is 19.3. The summed E-state index contributed by atoms with van der Waals surface area (Å²) in [5.41, 5.74) is 1.56. The number of amides is 3. The Kier molecular flexibility index (Phi) is 4.60. The molecular weight excluding hydrogens is 398 g/mol. The zero-order valence-corrected chi connectivity index (χ0v) is 15.5. The molecule has 2 aliphatic rings. The topological polar surface area (TPSA) is 104 Å². The van der Waals surface area contributed by atoms with E-state index in [-0.39, 0.29) is 31.2 Å². The number of hydrogen-bond acceptors (Lipinski definition) is 4. The number of aliphatic carboxylic acids is 1. The quantitative estimate of drug-likeness (QED) is 0.748. The van der Waals surface area contributed by atoms with Gasteiger partial charge in [-0.1, -0.05) is 36.4 Å². The second-order valence-corrected chi connectivity index (χ2v) is 7.19. The van der Waals surface area contributed by atoms with Crippen LogP contribution >= 0.6 is 0 Å². The SMILES string of the molecule is O=C1CCC(N2Cc3c(cccc3-c3ccc(C(F)(F)C(=O)O)cc3)C2=O)C(=O)N1. The van der Waals surface area contributed by atoms with Crippen LogP contribution in [-0.4, -0.2) is 39.7 Å². The molecule has 4 rings (SSSR count). The maximum absolute atomic E-state index is 13.7. The standard InChI is InChI=1S/C21H16F2N2O5/c22-21(23,20(29)30)12-6-4-11(5-7-12)13-2-1-3-14-15(13)10-25(19(14)28)16-8-9-17(26)24-18(16)27/h1-7,16H,8-10H2,(H,29,30)(H,24,26,27). The van der Waals surface area contributed by atoms with Gasteiger partial charge in [0.15, 0.2) is 0 Å². The van der Waals surface area contributed by atoms with Crippen molar-refractivity contribution >= 4 is 23.7 Å². The first-order chi connectivity index (χ1) is 14.2. The van der Waals surface area contributed by atoms with E-state index < -0.39 is 29.4 Å². The molecule has 9 heteroatoms. The third-order valence-electron chi connectivity index (χ3n) is 5.41. The maximum Gasteiger partial charge on any atom is 0.379 e. The molecule has 0 saturated carbocycles. The van der Waals surface area contributed by atoms with Crippen LogP contribution in [0, 0.1) is 0 Å². The van der Waals surface area contributed by atoms with Crippen molar-refractivity contribution in [2.45, 2.75) is 31.4 Å². The molecule has 30 heavy (non-hydrogen) atoms. The number of alkyl halides is 2. The van der Waals surface area contributed by atoms with E-state index in [0.29, 0.717) is 22.3 Å². The lowest BCUT2D eigenvalue weighted by atomic mass is 9.95. The molecular formula is C21H16F2N2O5. The summed E-state index contributed by atoms with van der Waals surface area (Å²) in [4.78, 5) is 48.6. The van der Waals surface area contributed by atoms with Crippen LogP contribution in [0.25, 0.3) is 11.1 Å². The number of benzene rings is 2. The minimum absolute atomic E-state index is 0.142. The van der Waals surface area contributed by atoms with E-state index in [1.165, 1.54) is 17.0 Å². The summed E-state index contributed by atoms with van der Waals surface area (Å²) in [6, 6.07) is 9.08. The van der Waals surface area contributed by atoms with Gasteiger partial charge >= 0.3 is 11.9 Å². The fourth-order valence-electron chi connectivity index (χ4n) is 3.84. The second-order valence-electron chi connectivity index (χ2n) is 7.19. The lowest BCUT2D eigenvalue weighted by molar-refractivity contribution is -0.166. The molecule has 2 aromatic rings. The van der Waals surface area contributed by atoms with Crippen LogP contribution in [0.2, 0.25) is 0 Å². The normalized spacial score (nSPS) is 18.9. The van der Waals surface area contributed by atoms with Gasteiger partial charge in [-0.25, -0.2) is 4.79 Å². The van der Waals surface area contributed by atoms with E-state index in [1.807, 2.05) is 0 Å². The van der Waals surface area contributed by atoms with Crippen molar-refractivity contribution in [2.75, 3.05) is 0 Å². The van der Waals surface area contributed by atoms with Gasteiger partial charge in [-0.15, -0.1) is 0 Å². The number of imide groups is 1. The van der Waals surface area contributed by atoms with Gasteiger partial charge in [0.25, 0.3) is 5.91 Å². The average molecular weight is 414 g/mol. The smallest absolute Gasteiger partial charge is 0.379 e. The van der Waals surface area contributed by atoms with Gasteiger partial charge in [-0.2, -0.15) is 8.78 Å². The number of carboxylic acids is 1. The first-order valence-electron chi connectivity index (χ1n) is 9.19. The molecule has 3 amide bonds. The Balaban J connectivity index is 1.66. The van der Waals surface area contributed by atoms with Crippen LogP contribution in [0.1, 0.15) is 34.3 Å². The maximum atomic E-state index is 13.7. The van der Waals surface area contributed by atoms with Crippen molar-refractivity contribution in [3.8, 4) is 11.1 Å². The third kappa shape index (κ3) is 3.12. The Morgan fingerprint density at radius 2 is 1.73 bits per heavy atom. The van der Waals surface area contributed by atoms with Crippen LogP contribution in [0.5, 0.6) is 0 Å². The van der Waals surface area contributed by atoms with E-state index >= 15 is 0 Å². The highest BCUT2D eigenvalue weighted by Crippen LogP contribution is 2.36.